The molecule has 0 saturated heterocycles. The van der Waals surface area contributed by atoms with Crippen molar-refractivity contribution in [3.05, 3.63) is 12.2 Å². The monoisotopic (exact) mass is 112 g/mol. The van der Waals surface area contributed by atoms with Crippen molar-refractivity contribution in [2.75, 3.05) is 13.6 Å². The van der Waals surface area contributed by atoms with Crippen molar-refractivity contribution in [1.29, 1.82) is 5.41 Å². The lowest BCUT2D eigenvalue weighted by atomic mass is 10.2. The van der Waals surface area contributed by atoms with Crippen molar-refractivity contribution >= 4 is 5.71 Å². The molecule has 8 heavy (non-hydrogen) atoms. The molecule has 2 N–H and O–H groups in total. The Morgan fingerprint density at radius 3 is 2.38 bits per heavy atom. The van der Waals surface area contributed by atoms with Crippen LogP contribution in [0.1, 0.15) is 6.92 Å². The highest BCUT2D eigenvalue weighted by Crippen LogP contribution is 1.87. The van der Waals surface area contributed by atoms with Crippen molar-refractivity contribution in [3.63, 3.8) is 0 Å². The summed E-state index contributed by atoms with van der Waals surface area (Å²) >= 11 is 0. The molecule has 0 saturated carbocycles. The second-order valence-electron chi connectivity index (χ2n) is 1.76. The molecule has 0 amide bonds. The SMILES string of the molecule is C=C(CNC)C(C)=N. The summed E-state index contributed by atoms with van der Waals surface area (Å²) in [5.74, 6) is 0. The predicted molar refractivity (Wildman–Crippen MR) is 36.5 cm³/mol. The van der Waals surface area contributed by atoms with Crippen LogP contribution in [-0.2, 0) is 0 Å². The number of hydrogen-bond donors (Lipinski definition) is 2. The van der Waals surface area contributed by atoms with Crippen LogP contribution in [0.4, 0.5) is 0 Å². The van der Waals surface area contributed by atoms with E-state index in [1.54, 1.807) is 6.92 Å². The molecular formula is C6H12N2. The van der Waals surface area contributed by atoms with Crippen molar-refractivity contribution in [2.45, 2.75) is 6.92 Å². The Morgan fingerprint density at radius 1 is 1.75 bits per heavy atom. The van der Waals surface area contributed by atoms with E-state index in [2.05, 4.69) is 11.9 Å². The van der Waals surface area contributed by atoms with Gasteiger partial charge in [-0.15, -0.1) is 0 Å². The molecule has 2 nitrogen and oxygen atoms in total. The first-order chi connectivity index (χ1) is 3.68. The molecular weight excluding hydrogens is 100 g/mol. The van der Waals surface area contributed by atoms with Gasteiger partial charge in [0.1, 0.15) is 0 Å². The summed E-state index contributed by atoms with van der Waals surface area (Å²) in [6.45, 7) is 6.11. The molecule has 0 rings (SSSR count). The van der Waals surface area contributed by atoms with E-state index in [1.807, 2.05) is 7.05 Å². The standard InChI is InChI=1S/C6H12N2/c1-5(4-8-3)6(2)7/h7-8H,1,4H2,2-3H3. The third-order valence-corrected chi connectivity index (χ3v) is 0.920. The molecule has 2 heteroatoms. The molecule has 0 aliphatic carbocycles. The minimum Gasteiger partial charge on any atom is -0.316 e. The van der Waals surface area contributed by atoms with Crippen LogP contribution in [0, 0.1) is 5.41 Å². The maximum absolute atomic E-state index is 7.06. The minimum atomic E-state index is 0.555. The molecule has 0 aromatic rings. The van der Waals surface area contributed by atoms with Gasteiger partial charge in [-0.2, -0.15) is 0 Å². The van der Waals surface area contributed by atoms with Crippen LogP contribution in [0.25, 0.3) is 0 Å². The zero-order valence-corrected chi connectivity index (χ0v) is 5.41. The molecule has 0 radical (unpaired) electrons. The molecule has 0 aromatic heterocycles. The average Bonchev–Trinajstić information content (AvgIpc) is 1.67. The molecule has 0 aliphatic rings. The zero-order chi connectivity index (χ0) is 6.57. The molecule has 46 valence electrons. The summed E-state index contributed by atoms with van der Waals surface area (Å²) in [6, 6.07) is 0. The largest absolute Gasteiger partial charge is 0.316 e. The minimum absolute atomic E-state index is 0.555. The summed E-state index contributed by atoms with van der Waals surface area (Å²) in [6.07, 6.45) is 0. The van der Waals surface area contributed by atoms with E-state index in [0.29, 0.717) is 5.71 Å². The van der Waals surface area contributed by atoms with Crippen molar-refractivity contribution in [3.8, 4) is 0 Å². The number of nitrogens with one attached hydrogen (secondary N) is 2. The Labute approximate surface area is 50.1 Å². The smallest absolute Gasteiger partial charge is 0.0321 e. The van der Waals surface area contributed by atoms with E-state index in [4.69, 9.17) is 5.41 Å². The molecule has 0 heterocycles. The van der Waals surface area contributed by atoms with E-state index in [1.165, 1.54) is 0 Å². The summed E-state index contributed by atoms with van der Waals surface area (Å²) in [7, 11) is 1.84. The van der Waals surface area contributed by atoms with Crippen LogP contribution < -0.4 is 5.32 Å². The Kier molecular flexibility index (Phi) is 3.12. The lowest BCUT2D eigenvalue weighted by Crippen LogP contribution is -2.13. The molecule has 0 fully saturated rings. The van der Waals surface area contributed by atoms with Crippen molar-refractivity contribution in [1.82, 2.24) is 5.32 Å². The topological polar surface area (TPSA) is 35.9 Å². The lowest BCUT2D eigenvalue weighted by molar-refractivity contribution is 0.903. The highest BCUT2D eigenvalue weighted by atomic mass is 14.8. The van der Waals surface area contributed by atoms with Gasteiger partial charge in [0, 0.05) is 12.3 Å². The number of likely N-dealkylation sites (N-methyl/N-ethyl adjacent to an activating group) is 1. The maximum Gasteiger partial charge on any atom is 0.0321 e. The zero-order valence-electron chi connectivity index (χ0n) is 5.41. The van der Waals surface area contributed by atoms with E-state index >= 15 is 0 Å². The molecule has 0 aromatic carbocycles. The first-order valence-electron chi connectivity index (χ1n) is 2.56. The van der Waals surface area contributed by atoms with Gasteiger partial charge in [0.05, 0.1) is 0 Å². The highest BCUT2D eigenvalue weighted by molar-refractivity contribution is 5.95. The van der Waals surface area contributed by atoms with Gasteiger partial charge in [-0.3, -0.25) is 0 Å². The Hall–Kier alpha value is -0.630. The van der Waals surface area contributed by atoms with Crippen molar-refractivity contribution < 1.29 is 0 Å². The quantitative estimate of drug-likeness (QED) is 0.520. The highest BCUT2D eigenvalue weighted by Gasteiger charge is 1.90. The first kappa shape index (κ1) is 7.37. The normalized spacial score (nSPS) is 8.75. The number of hydrogen-bond acceptors (Lipinski definition) is 2. The number of rotatable bonds is 3. The Morgan fingerprint density at radius 2 is 2.25 bits per heavy atom. The first-order valence-corrected chi connectivity index (χ1v) is 2.56. The van der Waals surface area contributed by atoms with Crippen LogP contribution in [0.2, 0.25) is 0 Å². The fourth-order valence-electron chi connectivity index (χ4n) is 0.346. The second-order valence-corrected chi connectivity index (χ2v) is 1.76. The van der Waals surface area contributed by atoms with E-state index in [-0.39, 0.29) is 0 Å². The van der Waals surface area contributed by atoms with Crippen LogP contribution in [0.5, 0.6) is 0 Å². The predicted octanol–water partition coefficient (Wildman–Crippen LogP) is 0.802. The van der Waals surface area contributed by atoms with Gasteiger partial charge in [0.15, 0.2) is 0 Å². The molecule has 0 atom stereocenters. The third kappa shape index (κ3) is 2.53. The molecule has 0 aliphatic heterocycles. The van der Waals surface area contributed by atoms with E-state index in [0.717, 1.165) is 12.1 Å². The van der Waals surface area contributed by atoms with Gasteiger partial charge in [-0.25, -0.2) is 0 Å². The van der Waals surface area contributed by atoms with Crippen LogP contribution in [0.3, 0.4) is 0 Å². The molecule has 0 bridgehead atoms. The van der Waals surface area contributed by atoms with E-state index < -0.39 is 0 Å². The summed E-state index contributed by atoms with van der Waals surface area (Å²) in [5.41, 5.74) is 1.41. The fraction of sp³-hybridized carbons (Fsp3) is 0.500. The van der Waals surface area contributed by atoms with Gasteiger partial charge in [0.2, 0.25) is 0 Å². The summed E-state index contributed by atoms with van der Waals surface area (Å²) < 4.78 is 0. The molecule has 0 unspecified atom stereocenters. The Balaban J connectivity index is 3.49. The lowest BCUT2D eigenvalue weighted by Gasteiger charge is -1.98. The van der Waals surface area contributed by atoms with E-state index in [9.17, 15) is 0 Å². The second kappa shape index (κ2) is 3.38. The summed E-state index contributed by atoms with van der Waals surface area (Å²) in [4.78, 5) is 0. The fourth-order valence-corrected chi connectivity index (χ4v) is 0.346. The van der Waals surface area contributed by atoms with Gasteiger partial charge < -0.3 is 10.7 Å². The van der Waals surface area contributed by atoms with Gasteiger partial charge >= 0.3 is 0 Å². The molecule has 0 spiro atoms. The Bertz CT molecular complexity index is 105. The van der Waals surface area contributed by atoms with Gasteiger partial charge in [-0.05, 0) is 19.5 Å². The van der Waals surface area contributed by atoms with Gasteiger partial charge in [0.25, 0.3) is 0 Å². The van der Waals surface area contributed by atoms with Crippen LogP contribution in [0.15, 0.2) is 12.2 Å². The third-order valence-electron chi connectivity index (χ3n) is 0.920. The summed E-state index contributed by atoms with van der Waals surface area (Å²) in [5, 5.41) is 9.97. The average molecular weight is 112 g/mol. The van der Waals surface area contributed by atoms with Crippen LogP contribution in [-0.4, -0.2) is 19.3 Å². The van der Waals surface area contributed by atoms with Crippen molar-refractivity contribution in [2.24, 2.45) is 0 Å². The maximum atomic E-state index is 7.06. The van der Waals surface area contributed by atoms with Gasteiger partial charge in [-0.1, -0.05) is 6.58 Å². The van der Waals surface area contributed by atoms with Crippen LogP contribution >= 0.6 is 0 Å².